The smallest absolute Gasteiger partial charge is 0.237 e. The Morgan fingerprint density at radius 2 is 2.26 bits per heavy atom. The van der Waals surface area contributed by atoms with Gasteiger partial charge in [-0.1, -0.05) is 23.4 Å². The number of amides is 1. The number of rotatable bonds is 2. The summed E-state index contributed by atoms with van der Waals surface area (Å²) in [4.78, 5) is 16.1. The maximum atomic E-state index is 11.9. The van der Waals surface area contributed by atoms with Gasteiger partial charge in [0.25, 0.3) is 0 Å². The summed E-state index contributed by atoms with van der Waals surface area (Å²) in [5.41, 5.74) is 1.76. The van der Waals surface area contributed by atoms with Crippen LogP contribution >= 0.6 is 15.9 Å². The number of fused-ring (bicyclic) bond motifs is 1. The van der Waals surface area contributed by atoms with Crippen molar-refractivity contribution < 1.29 is 9.32 Å². The van der Waals surface area contributed by atoms with Crippen molar-refractivity contribution in [2.75, 3.05) is 5.32 Å². The van der Waals surface area contributed by atoms with Gasteiger partial charge in [-0.25, -0.2) is 4.99 Å². The zero-order valence-corrected chi connectivity index (χ0v) is 11.6. The van der Waals surface area contributed by atoms with Crippen molar-refractivity contribution in [3.63, 3.8) is 0 Å². The third kappa shape index (κ3) is 2.08. The van der Waals surface area contributed by atoms with Gasteiger partial charge in [-0.2, -0.15) is 0 Å². The third-order valence-electron chi connectivity index (χ3n) is 2.96. The number of aromatic nitrogens is 1. The predicted octanol–water partition coefficient (Wildman–Crippen LogP) is 3.18. The van der Waals surface area contributed by atoms with Gasteiger partial charge in [0, 0.05) is 11.9 Å². The zero-order valence-electron chi connectivity index (χ0n) is 10.1. The van der Waals surface area contributed by atoms with E-state index < -0.39 is 0 Å². The first-order chi connectivity index (χ1) is 9.16. The molecule has 0 saturated heterocycles. The maximum absolute atomic E-state index is 11.9. The van der Waals surface area contributed by atoms with Crippen molar-refractivity contribution in [3.8, 4) is 0 Å². The number of halogens is 1. The van der Waals surface area contributed by atoms with E-state index in [1.165, 1.54) is 0 Å². The van der Waals surface area contributed by atoms with Gasteiger partial charge in [-0.15, -0.1) is 0 Å². The molecule has 1 aliphatic heterocycles. The molecule has 0 aliphatic carbocycles. The van der Waals surface area contributed by atoms with Crippen molar-refractivity contribution in [1.29, 1.82) is 0 Å². The highest BCUT2D eigenvalue weighted by Crippen LogP contribution is 2.32. The molecule has 2 heterocycles. The molecule has 0 radical (unpaired) electrons. The summed E-state index contributed by atoms with van der Waals surface area (Å²) < 4.78 is 5.70. The number of para-hydroxylation sites is 1. The minimum atomic E-state index is -0.389. The van der Waals surface area contributed by atoms with E-state index in [1.807, 2.05) is 24.3 Å². The van der Waals surface area contributed by atoms with Crippen LogP contribution in [0.1, 0.15) is 17.2 Å². The summed E-state index contributed by atoms with van der Waals surface area (Å²) in [5.74, 6) is 0.625. The Hall–Kier alpha value is -1.95. The van der Waals surface area contributed by atoms with Crippen molar-refractivity contribution in [2.24, 2.45) is 4.99 Å². The van der Waals surface area contributed by atoms with E-state index in [2.05, 4.69) is 31.4 Å². The largest absolute Gasteiger partial charge is 0.358 e. The maximum Gasteiger partial charge on any atom is 0.237 e. The second kappa shape index (κ2) is 4.62. The van der Waals surface area contributed by atoms with Gasteiger partial charge in [-0.3, -0.25) is 4.79 Å². The number of nitrogens with one attached hydrogen (secondary N) is 1. The zero-order chi connectivity index (χ0) is 13.4. The lowest BCUT2D eigenvalue weighted by atomic mass is 10.0. The van der Waals surface area contributed by atoms with Crippen LogP contribution in [-0.2, 0) is 4.79 Å². The van der Waals surface area contributed by atoms with Crippen LogP contribution in [0.3, 0.4) is 0 Å². The molecule has 2 aromatic rings. The molecule has 0 spiro atoms. The SMILES string of the molecule is Cc1onc(N=CC2C(=O)Nc3ccccc32)c1Br. The fourth-order valence-electron chi connectivity index (χ4n) is 1.96. The number of carbonyl (C=O) groups excluding carboxylic acids is 1. The van der Waals surface area contributed by atoms with Crippen LogP contribution in [0, 0.1) is 6.92 Å². The molecule has 1 aromatic carbocycles. The Bertz CT molecular complexity index is 678. The Morgan fingerprint density at radius 1 is 1.47 bits per heavy atom. The predicted molar refractivity (Wildman–Crippen MR) is 74.9 cm³/mol. The van der Waals surface area contributed by atoms with Crippen LogP contribution in [0.25, 0.3) is 0 Å². The summed E-state index contributed by atoms with van der Waals surface area (Å²) in [5, 5.41) is 6.62. The van der Waals surface area contributed by atoms with E-state index in [-0.39, 0.29) is 11.8 Å². The molecule has 3 rings (SSSR count). The van der Waals surface area contributed by atoms with Crippen LogP contribution in [0.4, 0.5) is 11.5 Å². The average molecular weight is 320 g/mol. The number of anilines is 1. The highest BCUT2D eigenvalue weighted by molar-refractivity contribution is 9.10. The van der Waals surface area contributed by atoms with E-state index in [4.69, 9.17) is 4.52 Å². The van der Waals surface area contributed by atoms with Gasteiger partial charge in [0.1, 0.15) is 16.2 Å². The Morgan fingerprint density at radius 3 is 3.00 bits per heavy atom. The molecule has 0 fully saturated rings. The molecular formula is C13H10BrN3O2. The summed E-state index contributed by atoms with van der Waals surface area (Å²) in [6.45, 7) is 1.79. The number of carbonyl (C=O) groups is 1. The fraction of sp³-hybridized carbons (Fsp3) is 0.154. The highest BCUT2D eigenvalue weighted by Gasteiger charge is 2.28. The van der Waals surface area contributed by atoms with Gasteiger partial charge in [-0.05, 0) is 34.5 Å². The lowest BCUT2D eigenvalue weighted by Gasteiger charge is -2.00. The second-order valence-corrected chi connectivity index (χ2v) is 5.00. The lowest BCUT2D eigenvalue weighted by Crippen LogP contribution is -2.12. The number of nitrogens with zero attached hydrogens (tertiary/aromatic N) is 2. The lowest BCUT2D eigenvalue weighted by molar-refractivity contribution is -0.115. The first-order valence-corrected chi connectivity index (χ1v) is 6.52. The minimum Gasteiger partial charge on any atom is -0.358 e. The van der Waals surface area contributed by atoms with Crippen molar-refractivity contribution in [2.45, 2.75) is 12.8 Å². The Kier molecular flexibility index (Phi) is 2.94. The van der Waals surface area contributed by atoms with Crippen LogP contribution in [0.2, 0.25) is 0 Å². The second-order valence-electron chi connectivity index (χ2n) is 4.21. The van der Waals surface area contributed by atoms with E-state index in [0.29, 0.717) is 16.1 Å². The Labute approximate surface area is 117 Å². The number of aliphatic imine (C=N–C) groups is 1. The van der Waals surface area contributed by atoms with E-state index in [0.717, 1.165) is 11.3 Å². The van der Waals surface area contributed by atoms with Gasteiger partial charge >= 0.3 is 0 Å². The van der Waals surface area contributed by atoms with Gasteiger partial charge in [0.15, 0.2) is 0 Å². The molecule has 0 saturated carbocycles. The summed E-state index contributed by atoms with van der Waals surface area (Å²) in [6.07, 6.45) is 1.59. The number of hydrogen-bond donors (Lipinski definition) is 1. The normalized spacial score (nSPS) is 17.8. The van der Waals surface area contributed by atoms with Crippen molar-refractivity contribution in [3.05, 3.63) is 40.1 Å². The minimum absolute atomic E-state index is 0.0821. The van der Waals surface area contributed by atoms with Crippen LogP contribution in [0.15, 0.2) is 38.3 Å². The van der Waals surface area contributed by atoms with Gasteiger partial charge < -0.3 is 9.84 Å². The highest BCUT2D eigenvalue weighted by atomic mass is 79.9. The number of hydrogen-bond acceptors (Lipinski definition) is 4. The molecule has 1 amide bonds. The first kappa shape index (κ1) is 12.1. The molecule has 5 nitrogen and oxygen atoms in total. The molecule has 1 unspecified atom stereocenters. The summed E-state index contributed by atoms with van der Waals surface area (Å²) in [7, 11) is 0. The molecular weight excluding hydrogens is 310 g/mol. The van der Waals surface area contributed by atoms with Gasteiger partial charge in [0.05, 0.1) is 0 Å². The molecule has 1 aromatic heterocycles. The topological polar surface area (TPSA) is 67.5 Å². The molecule has 6 heteroatoms. The van der Waals surface area contributed by atoms with E-state index >= 15 is 0 Å². The Balaban J connectivity index is 1.92. The average Bonchev–Trinajstić information content (AvgIpc) is 2.89. The molecule has 19 heavy (non-hydrogen) atoms. The molecule has 96 valence electrons. The summed E-state index contributed by atoms with van der Waals surface area (Å²) >= 11 is 3.34. The van der Waals surface area contributed by atoms with Crippen LogP contribution in [0.5, 0.6) is 0 Å². The monoisotopic (exact) mass is 319 g/mol. The third-order valence-corrected chi connectivity index (χ3v) is 3.87. The molecule has 1 aliphatic rings. The molecule has 1 N–H and O–H groups in total. The van der Waals surface area contributed by atoms with Gasteiger partial charge in [0.2, 0.25) is 11.7 Å². The fourth-order valence-corrected chi connectivity index (χ4v) is 2.20. The molecule has 0 bridgehead atoms. The standard InChI is InChI=1S/C13H10BrN3O2/c1-7-11(14)12(17-19-7)15-6-9-8-4-2-3-5-10(8)16-13(9)18/h2-6,9H,1H3,(H,16,18). The van der Waals surface area contributed by atoms with Crippen molar-refractivity contribution in [1.82, 2.24) is 5.16 Å². The van der Waals surface area contributed by atoms with Crippen LogP contribution < -0.4 is 5.32 Å². The van der Waals surface area contributed by atoms with Crippen LogP contribution in [-0.4, -0.2) is 17.3 Å². The quantitative estimate of drug-likeness (QED) is 0.864. The summed E-state index contributed by atoms with van der Waals surface area (Å²) in [6, 6.07) is 7.57. The number of aryl methyl sites for hydroxylation is 1. The molecule has 1 atom stereocenters. The van der Waals surface area contributed by atoms with E-state index in [9.17, 15) is 4.79 Å². The van der Waals surface area contributed by atoms with E-state index in [1.54, 1.807) is 13.1 Å². The first-order valence-electron chi connectivity index (χ1n) is 5.72. The number of benzene rings is 1. The van der Waals surface area contributed by atoms with Crippen molar-refractivity contribution >= 4 is 39.6 Å².